The second-order valence-corrected chi connectivity index (χ2v) is 6.63. The van der Waals surface area contributed by atoms with Gasteiger partial charge >= 0.3 is 5.97 Å². The van der Waals surface area contributed by atoms with Crippen molar-refractivity contribution in [3.8, 4) is 0 Å². The van der Waals surface area contributed by atoms with Gasteiger partial charge in [-0.3, -0.25) is 0 Å². The molecule has 7 heteroatoms. The van der Waals surface area contributed by atoms with E-state index in [1.165, 1.54) is 12.1 Å². The maximum Gasteiger partial charge on any atom is 0.328 e. The van der Waals surface area contributed by atoms with Crippen LogP contribution in [-0.4, -0.2) is 33.1 Å². The van der Waals surface area contributed by atoms with Gasteiger partial charge in [0.1, 0.15) is 6.04 Å². The highest BCUT2D eigenvalue weighted by molar-refractivity contribution is 7.89. The zero-order valence-corrected chi connectivity index (χ0v) is 13.5. The van der Waals surface area contributed by atoms with Crippen molar-refractivity contribution >= 4 is 21.7 Å². The first-order chi connectivity index (χ1) is 9.76. The van der Waals surface area contributed by atoms with Crippen LogP contribution in [0.15, 0.2) is 29.2 Å². The molecule has 0 amide bonds. The molecular weight excluding hydrogens is 292 g/mol. The fourth-order valence-electron chi connectivity index (χ4n) is 1.68. The lowest BCUT2D eigenvalue weighted by Crippen LogP contribution is -2.30. The Kier molecular flexibility index (Phi) is 6.17. The van der Waals surface area contributed by atoms with E-state index < -0.39 is 16.1 Å². The minimum Gasteiger partial charge on any atom is -0.464 e. The van der Waals surface area contributed by atoms with Crippen LogP contribution < -0.4 is 10.0 Å². The van der Waals surface area contributed by atoms with Crippen LogP contribution in [0, 0.1) is 0 Å². The maximum atomic E-state index is 12.0. The molecule has 0 spiro atoms. The third-order valence-corrected chi connectivity index (χ3v) is 4.25. The lowest BCUT2D eigenvalue weighted by atomic mass is 10.2. The summed E-state index contributed by atoms with van der Waals surface area (Å²) in [5, 5.41) is 2.96. The molecule has 118 valence electrons. The van der Waals surface area contributed by atoms with E-state index in [1.807, 2.05) is 0 Å². The van der Waals surface area contributed by atoms with Crippen LogP contribution in [0.1, 0.15) is 27.7 Å². The molecule has 0 aliphatic rings. The number of hydrogen-bond acceptors (Lipinski definition) is 5. The predicted molar refractivity (Wildman–Crippen MR) is 81.6 cm³/mol. The molecule has 1 aromatic carbocycles. The van der Waals surface area contributed by atoms with Gasteiger partial charge in [-0.25, -0.2) is 17.9 Å². The molecule has 0 fully saturated rings. The number of sulfonamides is 1. The SMILES string of the molecule is CCOC(=O)C(C)Nc1ccc(S(=O)(=O)NC(C)C)cc1. The zero-order valence-electron chi connectivity index (χ0n) is 12.7. The summed E-state index contributed by atoms with van der Waals surface area (Å²) in [4.78, 5) is 11.7. The Morgan fingerprint density at radius 1 is 1.19 bits per heavy atom. The van der Waals surface area contributed by atoms with E-state index >= 15 is 0 Å². The van der Waals surface area contributed by atoms with E-state index in [0.29, 0.717) is 12.3 Å². The highest BCUT2D eigenvalue weighted by Gasteiger charge is 2.16. The fourth-order valence-corrected chi connectivity index (χ4v) is 2.94. The van der Waals surface area contributed by atoms with Crippen LogP contribution in [0.25, 0.3) is 0 Å². The number of carbonyl (C=O) groups is 1. The number of ether oxygens (including phenoxy) is 1. The van der Waals surface area contributed by atoms with Crippen molar-refractivity contribution in [3.63, 3.8) is 0 Å². The summed E-state index contributed by atoms with van der Waals surface area (Å²) in [6, 6.07) is 5.54. The number of carbonyl (C=O) groups excluding carboxylic acids is 1. The van der Waals surface area contributed by atoms with Crippen LogP contribution in [-0.2, 0) is 19.6 Å². The highest BCUT2D eigenvalue weighted by atomic mass is 32.2. The van der Waals surface area contributed by atoms with Crippen LogP contribution >= 0.6 is 0 Å². The Bertz CT molecular complexity index is 567. The summed E-state index contributed by atoms with van der Waals surface area (Å²) < 4.78 is 31.3. The Morgan fingerprint density at radius 3 is 2.24 bits per heavy atom. The monoisotopic (exact) mass is 314 g/mol. The van der Waals surface area contributed by atoms with Crippen molar-refractivity contribution in [2.75, 3.05) is 11.9 Å². The van der Waals surface area contributed by atoms with Crippen LogP contribution in [0.3, 0.4) is 0 Å². The molecule has 0 aliphatic carbocycles. The van der Waals surface area contributed by atoms with Crippen molar-refractivity contribution in [2.24, 2.45) is 0 Å². The summed E-state index contributed by atoms with van der Waals surface area (Å²) in [6.45, 7) is 7.26. The molecule has 0 radical (unpaired) electrons. The van der Waals surface area contributed by atoms with Crippen molar-refractivity contribution in [1.82, 2.24) is 4.72 Å². The molecule has 0 heterocycles. The Morgan fingerprint density at radius 2 is 1.76 bits per heavy atom. The number of hydrogen-bond donors (Lipinski definition) is 2. The van der Waals surface area contributed by atoms with Gasteiger partial charge in [-0.15, -0.1) is 0 Å². The number of esters is 1. The topological polar surface area (TPSA) is 84.5 Å². The minimum absolute atomic E-state index is 0.170. The largest absolute Gasteiger partial charge is 0.464 e. The Balaban J connectivity index is 2.77. The minimum atomic E-state index is -3.50. The normalized spacial score (nSPS) is 13.0. The van der Waals surface area contributed by atoms with Crippen molar-refractivity contribution < 1.29 is 17.9 Å². The van der Waals surface area contributed by atoms with Crippen LogP contribution in [0.5, 0.6) is 0 Å². The van der Waals surface area contributed by atoms with Crippen molar-refractivity contribution in [1.29, 1.82) is 0 Å². The fraction of sp³-hybridized carbons (Fsp3) is 0.500. The van der Waals surface area contributed by atoms with Gasteiger partial charge in [-0.05, 0) is 52.0 Å². The van der Waals surface area contributed by atoms with Gasteiger partial charge in [-0.1, -0.05) is 0 Å². The number of nitrogens with one attached hydrogen (secondary N) is 2. The first kappa shape index (κ1) is 17.5. The molecular formula is C14H22N2O4S. The molecule has 1 aromatic rings. The quantitative estimate of drug-likeness (QED) is 0.749. The lowest BCUT2D eigenvalue weighted by Gasteiger charge is -2.14. The average molecular weight is 314 g/mol. The molecule has 21 heavy (non-hydrogen) atoms. The Hall–Kier alpha value is -1.60. The molecule has 1 rings (SSSR count). The molecule has 6 nitrogen and oxygen atoms in total. The standard InChI is InChI=1S/C14H22N2O4S/c1-5-20-14(17)11(4)15-12-6-8-13(9-7-12)21(18,19)16-10(2)3/h6-11,15-16H,5H2,1-4H3. The summed E-state index contributed by atoms with van der Waals surface area (Å²) in [7, 11) is -3.50. The molecule has 0 bridgehead atoms. The summed E-state index contributed by atoms with van der Waals surface area (Å²) >= 11 is 0. The van der Waals surface area contributed by atoms with Crippen molar-refractivity contribution in [3.05, 3.63) is 24.3 Å². The number of anilines is 1. The van der Waals surface area contributed by atoms with Crippen LogP contribution in [0.2, 0.25) is 0 Å². The first-order valence-electron chi connectivity index (χ1n) is 6.82. The molecule has 0 aliphatic heterocycles. The smallest absolute Gasteiger partial charge is 0.328 e. The molecule has 0 aromatic heterocycles. The number of benzene rings is 1. The average Bonchev–Trinajstić information content (AvgIpc) is 2.38. The second kappa shape index (κ2) is 7.42. The van der Waals surface area contributed by atoms with E-state index in [-0.39, 0.29) is 16.9 Å². The molecule has 0 saturated heterocycles. The third-order valence-electron chi connectivity index (χ3n) is 2.58. The van der Waals surface area contributed by atoms with Gasteiger partial charge in [0.25, 0.3) is 0 Å². The van der Waals surface area contributed by atoms with E-state index in [9.17, 15) is 13.2 Å². The van der Waals surface area contributed by atoms with E-state index in [2.05, 4.69) is 10.0 Å². The number of rotatable bonds is 7. The van der Waals surface area contributed by atoms with Gasteiger partial charge in [-0.2, -0.15) is 0 Å². The van der Waals surface area contributed by atoms with Crippen LogP contribution in [0.4, 0.5) is 5.69 Å². The second-order valence-electron chi connectivity index (χ2n) is 4.92. The summed E-state index contributed by atoms with van der Waals surface area (Å²) in [5.41, 5.74) is 0.652. The van der Waals surface area contributed by atoms with Gasteiger partial charge in [0.2, 0.25) is 10.0 Å². The van der Waals surface area contributed by atoms with E-state index in [4.69, 9.17) is 4.74 Å². The molecule has 2 N–H and O–H groups in total. The van der Waals surface area contributed by atoms with Crippen molar-refractivity contribution in [2.45, 2.75) is 44.7 Å². The molecule has 1 atom stereocenters. The Labute approximate surface area is 125 Å². The van der Waals surface area contributed by atoms with Gasteiger partial charge in [0, 0.05) is 11.7 Å². The first-order valence-corrected chi connectivity index (χ1v) is 8.30. The molecule has 0 saturated carbocycles. The molecule has 1 unspecified atom stereocenters. The predicted octanol–water partition coefficient (Wildman–Crippen LogP) is 1.74. The maximum absolute atomic E-state index is 12.0. The van der Waals surface area contributed by atoms with E-state index in [0.717, 1.165) is 0 Å². The van der Waals surface area contributed by atoms with Gasteiger partial charge in [0.15, 0.2) is 0 Å². The lowest BCUT2D eigenvalue weighted by molar-refractivity contribution is -0.143. The summed E-state index contributed by atoms with van der Waals surface area (Å²) in [5.74, 6) is -0.351. The zero-order chi connectivity index (χ0) is 16.0. The summed E-state index contributed by atoms with van der Waals surface area (Å²) in [6.07, 6.45) is 0. The third kappa shape index (κ3) is 5.35. The van der Waals surface area contributed by atoms with E-state index in [1.54, 1.807) is 39.8 Å². The highest BCUT2D eigenvalue weighted by Crippen LogP contribution is 2.15. The van der Waals surface area contributed by atoms with Gasteiger partial charge in [0.05, 0.1) is 11.5 Å². The van der Waals surface area contributed by atoms with Gasteiger partial charge < -0.3 is 10.1 Å².